The van der Waals surface area contributed by atoms with Gasteiger partial charge in [0.15, 0.2) is 0 Å². The first kappa shape index (κ1) is 10.0. The molecule has 1 rings (SSSR count). The predicted octanol–water partition coefficient (Wildman–Crippen LogP) is 2.90. The van der Waals surface area contributed by atoms with Crippen molar-refractivity contribution in [3.05, 3.63) is 0 Å². The van der Waals surface area contributed by atoms with Gasteiger partial charge < -0.3 is 0 Å². The Labute approximate surface area is 77.1 Å². The van der Waals surface area contributed by atoms with E-state index in [1.807, 2.05) is 0 Å². The Morgan fingerprint density at radius 3 is 1.83 bits per heavy atom. The van der Waals surface area contributed by atoms with Gasteiger partial charge in [-0.15, -0.1) is 0 Å². The lowest BCUT2D eigenvalue weighted by atomic mass is 9.75. The van der Waals surface area contributed by atoms with Crippen LogP contribution in [-0.4, -0.2) is 22.5 Å². The number of rotatable bonds is 2. The average Bonchev–Trinajstić information content (AvgIpc) is 1.81. The van der Waals surface area contributed by atoms with Gasteiger partial charge in [0.1, 0.15) is 0 Å². The lowest BCUT2D eigenvalue weighted by Crippen LogP contribution is -2.66. The standard InChI is InChI=1S/C11H23N/c1-8(2)10-7-11(5,6)12(10)9(3)4/h8-10H,7H2,1-6H3. The lowest BCUT2D eigenvalue weighted by molar-refractivity contribution is -0.0932. The molecule has 1 aliphatic rings. The number of likely N-dealkylation sites (tertiary alicyclic amines) is 1. The molecule has 0 radical (unpaired) electrons. The third kappa shape index (κ3) is 1.52. The fourth-order valence-corrected chi connectivity index (χ4v) is 2.69. The zero-order chi connectivity index (χ0) is 9.52. The maximum atomic E-state index is 2.65. The molecule has 0 aromatic rings. The summed E-state index contributed by atoms with van der Waals surface area (Å²) in [4.78, 5) is 2.65. The summed E-state index contributed by atoms with van der Waals surface area (Å²) < 4.78 is 0. The van der Waals surface area contributed by atoms with Crippen molar-refractivity contribution < 1.29 is 0 Å². The van der Waals surface area contributed by atoms with Gasteiger partial charge >= 0.3 is 0 Å². The molecular formula is C11H23N. The highest BCUT2D eigenvalue weighted by atomic mass is 15.3. The van der Waals surface area contributed by atoms with Crippen LogP contribution in [0.1, 0.15) is 48.0 Å². The maximum absolute atomic E-state index is 2.65. The smallest absolute Gasteiger partial charge is 0.0173 e. The molecule has 1 fully saturated rings. The van der Waals surface area contributed by atoms with Crippen LogP contribution in [0.15, 0.2) is 0 Å². The van der Waals surface area contributed by atoms with Crippen LogP contribution in [0.25, 0.3) is 0 Å². The second kappa shape index (κ2) is 3.02. The number of hydrogen-bond acceptors (Lipinski definition) is 1. The van der Waals surface area contributed by atoms with Crippen LogP contribution in [-0.2, 0) is 0 Å². The Kier molecular flexibility index (Phi) is 2.53. The molecular weight excluding hydrogens is 146 g/mol. The summed E-state index contributed by atoms with van der Waals surface area (Å²) in [6.45, 7) is 14.0. The monoisotopic (exact) mass is 169 g/mol. The van der Waals surface area contributed by atoms with Crippen LogP contribution in [0, 0.1) is 5.92 Å². The van der Waals surface area contributed by atoms with E-state index >= 15 is 0 Å². The van der Waals surface area contributed by atoms with E-state index in [0.717, 1.165) is 12.0 Å². The molecule has 1 atom stereocenters. The Balaban J connectivity index is 2.63. The van der Waals surface area contributed by atoms with Crippen LogP contribution in [0.3, 0.4) is 0 Å². The van der Waals surface area contributed by atoms with E-state index in [-0.39, 0.29) is 0 Å². The zero-order valence-electron chi connectivity index (χ0n) is 9.39. The van der Waals surface area contributed by atoms with Gasteiger partial charge in [-0.3, -0.25) is 4.90 Å². The third-order valence-corrected chi connectivity index (χ3v) is 3.09. The number of nitrogens with zero attached hydrogens (tertiary/aromatic N) is 1. The van der Waals surface area contributed by atoms with Crippen molar-refractivity contribution in [1.29, 1.82) is 0 Å². The molecule has 1 saturated heterocycles. The fraction of sp³-hybridized carbons (Fsp3) is 1.00. The van der Waals surface area contributed by atoms with Gasteiger partial charge in [0.25, 0.3) is 0 Å². The summed E-state index contributed by atoms with van der Waals surface area (Å²) in [6.07, 6.45) is 1.36. The highest BCUT2D eigenvalue weighted by Crippen LogP contribution is 2.41. The lowest BCUT2D eigenvalue weighted by Gasteiger charge is -2.59. The van der Waals surface area contributed by atoms with Gasteiger partial charge in [-0.05, 0) is 40.0 Å². The first-order chi connectivity index (χ1) is 5.36. The van der Waals surface area contributed by atoms with Crippen molar-refractivity contribution in [2.24, 2.45) is 5.92 Å². The normalized spacial score (nSPS) is 29.5. The summed E-state index contributed by atoms with van der Waals surface area (Å²) in [6, 6.07) is 1.51. The predicted molar refractivity (Wildman–Crippen MR) is 54.3 cm³/mol. The summed E-state index contributed by atoms with van der Waals surface area (Å²) in [5.74, 6) is 0.806. The van der Waals surface area contributed by atoms with Gasteiger partial charge in [0.2, 0.25) is 0 Å². The van der Waals surface area contributed by atoms with E-state index < -0.39 is 0 Å². The molecule has 0 spiro atoms. The zero-order valence-corrected chi connectivity index (χ0v) is 9.39. The minimum Gasteiger partial charge on any atom is -0.292 e. The Bertz CT molecular complexity index is 158. The summed E-state index contributed by atoms with van der Waals surface area (Å²) in [7, 11) is 0. The van der Waals surface area contributed by atoms with Crippen LogP contribution >= 0.6 is 0 Å². The van der Waals surface area contributed by atoms with Gasteiger partial charge in [0, 0.05) is 17.6 Å². The van der Waals surface area contributed by atoms with Crippen LogP contribution < -0.4 is 0 Å². The van der Waals surface area contributed by atoms with Crippen molar-refractivity contribution >= 4 is 0 Å². The van der Waals surface area contributed by atoms with Gasteiger partial charge in [-0.2, -0.15) is 0 Å². The van der Waals surface area contributed by atoms with E-state index in [0.29, 0.717) is 11.6 Å². The Morgan fingerprint density at radius 2 is 1.67 bits per heavy atom. The molecule has 0 aromatic carbocycles. The van der Waals surface area contributed by atoms with Crippen molar-refractivity contribution in [1.82, 2.24) is 4.90 Å². The van der Waals surface area contributed by atoms with Crippen LogP contribution in [0.2, 0.25) is 0 Å². The number of hydrogen-bond donors (Lipinski definition) is 0. The van der Waals surface area contributed by atoms with Gasteiger partial charge in [-0.1, -0.05) is 13.8 Å². The molecule has 1 nitrogen and oxygen atoms in total. The summed E-state index contributed by atoms with van der Waals surface area (Å²) >= 11 is 0. The molecule has 1 heterocycles. The second-order valence-electron chi connectivity index (χ2n) is 5.33. The van der Waals surface area contributed by atoms with E-state index in [9.17, 15) is 0 Å². The Hall–Kier alpha value is -0.0400. The molecule has 1 heteroatoms. The van der Waals surface area contributed by atoms with Gasteiger partial charge in [0.05, 0.1) is 0 Å². The first-order valence-electron chi connectivity index (χ1n) is 5.14. The molecule has 72 valence electrons. The summed E-state index contributed by atoms with van der Waals surface area (Å²) in [5.41, 5.74) is 0.448. The summed E-state index contributed by atoms with van der Waals surface area (Å²) in [5, 5.41) is 0. The molecule has 0 bridgehead atoms. The highest BCUT2D eigenvalue weighted by Gasteiger charge is 2.46. The molecule has 12 heavy (non-hydrogen) atoms. The third-order valence-electron chi connectivity index (χ3n) is 3.09. The van der Waals surface area contributed by atoms with Crippen molar-refractivity contribution in [2.75, 3.05) is 0 Å². The molecule has 1 unspecified atom stereocenters. The SMILES string of the molecule is CC(C)C1CC(C)(C)N1C(C)C. The molecule has 1 aliphatic heterocycles. The minimum absolute atomic E-state index is 0.448. The minimum atomic E-state index is 0.448. The van der Waals surface area contributed by atoms with E-state index in [1.54, 1.807) is 0 Å². The Morgan fingerprint density at radius 1 is 1.17 bits per heavy atom. The highest BCUT2D eigenvalue weighted by molar-refractivity contribution is 5.02. The molecule has 0 amide bonds. The largest absolute Gasteiger partial charge is 0.292 e. The van der Waals surface area contributed by atoms with E-state index in [2.05, 4.69) is 46.4 Å². The van der Waals surface area contributed by atoms with E-state index in [4.69, 9.17) is 0 Å². The second-order valence-corrected chi connectivity index (χ2v) is 5.33. The molecule has 0 saturated carbocycles. The maximum Gasteiger partial charge on any atom is 0.0173 e. The molecule has 0 aromatic heterocycles. The fourth-order valence-electron chi connectivity index (χ4n) is 2.69. The quantitative estimate of drug-likeness (QED) is 0.614. The van der Waals surface area contributed by atoms with E-state index in [1.165, 1.54) is 6.42 Å². The first-order valence-corrected chi connectivity index (χ1v) is 5.14. The van der Waals surface area contributed by atoms with Crippen molar-refractivity contribution in [3.63, 3.8) is 0 Å². The molecule has 0 aliphatic carbocycles. The van der Waals surface area contributed by atoms with Crippen LogP contribution in [0.5, 0.6) is 0 Å². The van der Waals surface area contributed by atoms with Crippen molar-refractivity contribution in [2.45, 2.75) is 65.6 Å². The molecule has 0 N–H and O–H groups in total. The average molecular weight is 169 g/mol. The topological polar surface area (TPSA) is 3.24 Å². The van der Waals surface area contributed by atoms with Crippen molar-refractivity contribution in [3.8, 4) is 0 Å². The van der Waals surface area contributed by atoms with Gasteiger partial charge in [-0.25, -0.2) is 0 Å². The van der Waals surface area contributed by atoms with Crippen LogP contribution in [0.4, 0.5) is 0 Å².